The lowest BCUT2D eigenvalue weighted by Gasteiger charge is -2.47. The second-order valence-electron chi connectivity index (χ2n) is 7.22. The van der Waals surface area contributed by atoms with Crippen molar-refractivity contribution in [3.63, 3.8) is 0 Å². The monoisotopic (exact) mass is 272 g/mol. The predicted octanol–water partition coefficient (Wildman–Crippen LogP) is 3.22. The first-order valence-corrected chi connectivity index (χ1v) is 8.09. The van der Waals surface area contributed by atoms with Crippen LogP contribution in [-0.2, 0) is 0 Å². The molecule has 1 aromatic rings. The zero-order valence-electron chi connectivity index (χ0n) is 13.1. The van der Waals surface area contributed by atoms with E-state index in [0.29, 0.717) is 12.0 Å². The van der Waals surface area contributed by atoms with E-state index < -0.39 is 0 Å². The van der Waals surface area contributed by atoms with E-state index in [4.69, 9.17) is 5.73 Å². The van der Waals surface area contributed by atoms with E-state index >= 15 is 0 Å². The van der Waals surface area contributed by atoms with Gasteiger partial charge in [0.2, 0.25) is 0 Å². The highest BCUT2D eigenvalue weighted by atomic mass is 15.2. The van der Waals surface area contributed by atoms with Crippen molar-refractivity contribution < 1.29 is 0 Å². The zero-order chi connectivity index (χ0) is 14.3. The molecule has 2 unspecified atom stereocenters. The molecule has 2 N–H and O–H groups in total. The van der Waals surface area contributed by atoms with Crippen LogP contribution in [0.25, 0.3) is 0 Å². The molecule has 110 valence electrons. The summed E-state index contributed by atoms with van der Waals surface area (Å²) in [5.74, 6) is 1.53. The molecular formula is C18H28N2. The number of aryl methyl sites for hydroxylation is 2. The standard InChI is InChI=1S/C18H28N2/c1-12-6-18(7-12)20-10-16(9-17(19)11-20)15-5-4-13(2)14(3)8-15/h4-5,8,12,16-18H,6-7,9-11,19H2,1-3H3. The summed E-state index contributed by atoms with van der Waals surface area (Å²) in [6.07, 6.45) is 3.88. The van der Waals surface area contributed by atoms with Gasteiger partial charge in [0.15, 0.2) is 0 Å². The van der Waals surface area contributed by atoms with Crippen molar-refractivity contribution in [3.05, 3.63) is 34.9 Å². The fourth-order valence-corrected chi connectivity index (χ4v) is 3.89. The highest BCUT2D eigenvalue weighted by Crippen LogP contribution is 2.36. The van der Waals surface area contributed by atoms with Crippen molar-refractivity contribution in [2.24, 2.45) is 11.7 Å². The number of benzene rings is 1. The Morgan fingerprint density at radius 3 is 2.45 bits per heavy atom. The second-order valence-corrected chi connectivity index (χ2v) is 7.22. The van der Waals surface area contributed by atoms with Gasteiger partial charge in [-0.3, -0.25) is 4.90 Å². The zero-order valence-corrected chi connectivity index (χ0v) is 13.1. The predicted molar refractivity (Wildman–Crippen MR) is 85.0 cm³/mol. The Balaban J connectivity index is 1.73. The van der Waals surface area contributed by atoms with Crippen LogP contribution in [0.1, 0.15) is 48.8 Å². The van der Waals surface area contributed by atoms with Crippen molar-refractivity contribution in [1.82, 2.24) is 4.90 Å². The maximum absolute atomic E-state index is 6.33. The van der Waals surface area contributed by atoms with Crippen LogP contribution in [0.3, 0.4) is 0 Å². The minimum atomic E-state index is 0.339. The topological polar surface area (TPSA) is 29.3 Å². The van der Waals surface area contributed by atoms with Crippen LogP contribution in [0, 0.1) is 19.8 Å². The third-order valence-corrected chi connectivity index (χ3v) is 5.38. The number of piperidine rings is 1. The Labute approximate surface area is 123 Å². The van der Waals surface area contributed by atoms with E-state index in [2.05, 4.69) is 43.9 Å². The van der Waals surface area contributed by atoms with Crippen molar-refractivity contribution >= 4 is 0 Å². The minimum Gasteiger partial charge on any atom is -0.327 e. The van der Waals surface area contributed by atoms with E-state index in [1.165, 1.54) is 36.1 Å². The molecule has 0 spiro atoms. The SMILES string of the molecule is Cc1ccc(C2CC(N)CN(C3CC(C)C3)C2)cc1C. The van der Waals surface area contributed by atoms with Gasteiger partial charge in [0.05, 0.1) is 0 Å². The molecule has 0 aromatic heterocycles. The van der Waals surface area contributed by atoms with E-state index in [1.54, 1.807) is 0 Å². The number of hydrogen-bond acceptors (Lipinski definition) is 2. The van der Waals surface area contributed by atoms with Crippen molar-refractivity contribution in [1.29, 1.82) is 0 Å². The lowest BCUT2D eigenvalue weighted by Crippen LogP contribution is -2.53. The first kappa shape index (κ1) is 14.1. The number of nitrogens with zero attached hydrogens (tertiary/aromatic N) is 1. The second kappa shape index (κ2) is 5.50. The van der Waals surface area contributed by atoms with Gasteiger partial charge in [-0.25, -0.2) is 0 Å². The highest BCUT2D eigenvalue weighted by molar-refractivity contribution is 5.32. The summed E-state index contributed by atoms with van der Waals surface area (Å²) in [7, 11) is 0. The van der Waals surface area contributed by atoms with Crippen molar-refractivity contribution in [2.75, 3.05) is 13.1 Å². The molecule has 1 saturated heterocycles. The molecule has 2 atom stereocenters. The summed E-state index contributed by atoms with van der Waals surface area (Å²) in [4.78, 5) is 2.66. The molecule has 2 heteroatoms. The summed E-state index contributed by atoms with van der Waals surface area (Å²) >= 11 is 0. The molecule has 1 aliphatic carbocycles. The van der Waals surface area contributed by atoms with Crippen LogP contribution in [0.4, 0.5) is 0 Å². The molecule has 2 fully saturated rings. The molecule has 1 aromatic carbocycles. The molecule has 1 heterocycles. The smallest absolute Gasteiger partial charge is 0.0174 e. The van der Waals surface area contributed by atoms with Gasteiger partial charge in [0.1, 0.15) is 0 Å². The first-order chi connectivity index (χ1) is 9.52. The summed E-state index contributed by atoms with van der Waals surface area (Å²) in [5, 5.41) is 0. The number of likely N-dealkylation sites (tertiary alicyclic amines) is 1. The Kier molecular flexibility index (Phi) is 3.87. The summed E-state index contributed by atoms with van der Waals surface area (Å²) in [6, 6.07) is 8.09. The Hall–Kier alpha value is -0.860. The fourth-order valence-electron chi connectivity index (χ4n) is 3.89. The summed E-state index contributed by atoms with van der Waals surface area (Å²) in [6.45, 7) is 9.06. The molecule has 0 bridgehead atoms. The molecule has 2 aliphatic rings. The molecule has 0 radical (unpaired) electrons. The van der Waals surface area contributed by atoms with Crippen LogP contribution < -0.4 is 5.73 Å². The molecule has 2 nitrogen and oxygen atoms in total. The van der Waals surface area contributed by atoms with Crippen LogP contribution in [0.15, 0.2) is 18.2 Å². The van der Waals surface area contributed by atoms with Gasteiger partial charge in [0, 0.05) is 25.2 Å². The van der Waals surface area contributed by atoms with Gasteiger partial charge in [-0.15, -0.1) is 0 Å². The number of rotatable bonds is 2. The van der Waals surface area contributed by atoms with Gasteiger partial charge in [-0.05, 0) is 61.6 Å². The lowest BCUT2D eigenvalue weighted by atomic mass is 9.78. The van der Waals surface area contributed by atoms with Crippen LogP contribution in [0.5, 0.6) is 0 Å². The van der Waals surface area contributed by atoms with E-state index in [9.17, 15) is 0 Å². The largest absolute Gasteiger partial charge is 0.327 e. The maximum Gasteiger partial charge on any atom is 0.0174 e. The molecule has 1 aliphatic heterocycles. The first-order valence-electron chi connectivity index (χ1n) is 8.09. The van der Waals surface area contributed by atoms with Gasteiger partial charge < -0.3 is 5.73 Å². The molecule has 3 rings (SSSR count). The minimum absolute atomic E-state index is 0.339. The Morgan fingerprint density at radius 1 is 1.05 bits per heavy atom. The Morgan fingerprint density at radius 2 is 1.80 bits per heavy atom. The fraction of sp³-hybridized carbons (Fsp3) is 0.667. The van der Waals surface area contributed by atoms with Crippen LogP contribution >= 0.6 is 0 Å². The third kappa shape index (κ3) is 2.77. The Bertz CT molecular complexity index is 476. The average molecular weight is 272 g/mol. The van der Waals surface area contributed by atoms with Crippen LogP contribution in [0.2, 0.25) is 0 Å². The summed E-state index contributed by atoms with van der Waals surface area (Å²) in [5.41, 5.74) is 10.6. The number of hydrogen-bond donors (Lipinski definition) is 1. The van der Waals surface area contributed by atoms with Gasteiger partial charge >= 0.3 is 0 Å². The van der Waals surface area contributed by atoms with Crippen LogP contribution in [-0.4, -0.2) is 30.1 Å². The molecule has 0 amide bonds. The lowest BCUT2D eigenvalue weighted by molar-refractivity contribution is 0.0542. The van der Waals surface area contributed by atoms with Crippen molar-refractivity contribution in [2.45, 2.75) is 58.0 Å². The van der Waals surface area contributed by atoms with Crippen molar-refractivity contribution in [3.8, 4) is 0 Å². The number of nitrogens with two attached hydrogens (primary N) is 1. The highest BCUT2D eigenvalue weighted by Gasteiger charge is 2.35. The maximum atomic E-state index is 6.33. The van der Waals surface area contributed by atoms with E-state index in [-0.39, 0.29) is 0 Å². The van der Waals surface area contributed by atoms with Gasteiger partial charge in [-0.1, -0.05) is 25.1 Å². The molecule has 1 saturated carbocycles. The quantitative estimate of drug-likeness (QED) is 0.895. The van der Waals surface area contributed by atoms with E-state index in [1.807, 2.05) is 0 Å². The summed E-state index contributed by atoms with van der Waals surface area (Å²) < 4.78 is 0. The van der Waals surface area contributed by atoms with E-state index in [0.717, 1.165) is 24.9 Å². The average Bonchev–Trinajstić information content (AvgIpc) is 2.37. The third-order valence-electron chi connectivity index (χ3n) is 5.38. The van der Waals surface area contributed by atoms with Gasteiger partial charge in [-0.2, -0.15) is 0 Å². The van der Waals surface area contributed by atoms with Gasteiger partial charge in [0.25, 0.3) is 0 Å². The molecular weight excluding hydrogens is 244 g/mol. The normalized spacial score (nSPS) is 34.8. The molecule has 20 heavy (non-hydrogen) atoms.